The quantitative estimate of drug-likeness (QED) is 0.0492. The van der Waals surface area contributed by atoms with Crippen molar-refractivity contribution >= 4 is 64.3 Å². The van der Waals surface area contributed by atoms with Crippen molar-refractivity contribution in [3.63, 3.8) is 0 Å². The number of guanidine groups is 1. The number of hydrogen-bond donors (Lipinski definition) is 7. The predicted molar refractivity (Wildman–Crippen MR) is 200 cm³/mol. The average molecular weight is 766 g/mol. The molecule has 0 unspecified atom stereocenters. The average Bonchev–Trinajstić information content (AvgIpc) is 3.56. The summed E-state index contributed by atoms with van der Waals surface area (Å²) in [6.07, 6.45) is 0.703. The number of methoxy groups -OCH3 is 1. The van der Waals surface area contributed by atoms with Crippen molar-refractivity contribution < 1.29 is 23.9 Å². The van der Waals surface area contributed by atoms with Gasteiger partial charge in [0.1, 0.15) is 18.2 Å². The number of nitrogens with zero attached hydrogens (tertiary/aromatic N) is 8. The molecule has 0 radical (unpaired) electrons. The molecule has 2 aromatic heterocycles. The van der Waals surface area contributed by atoms with Crippen molar-refractivity contribution in [3.05, 3.63) is 34.6 Å². The molecule has 4 rings (SSSR count). The van der Waals surface area contributed by atoms with Gasteiger partial charge in [0.15, 0.2) is 23.1 Å². The Morgan fingerprint density at radius 2 is 1.96 bits per heavy atom. The van der Waals surface area contributed by atoms with Crippen LogP contribution < -0.4 is 43.4 Å². The third-order valence-corrected chi connectivity index (χ3v) is 8.83. The van der Waals surface area contributed by atoms with E-state index in [0.29, 0.717) is 43.2 Å². The van der Waals surface area contributed by atoms with Gasteiger partial charge < -0.3 is 52.8 Å². The molecule has 2 amide bonds. The normalized spacial score (nSPS) is 16.4. The van der Waals surface area contributed by atoms with Gasteiger partial charge in [0.25, 0.3) is 0 Å². The van der Waals surface area contributed by atoms with Gasteiger partial charge in [-0.1, -0.05) is 25.4 Å². The van der Waals surface area contributed by atoms with Crippen LogP contribution in [0.2, 0.25) is 5.02 Å². The third-order valence-electron chi connectivity index (χ3n) is 8.43. The third kappa shape index (κ3) is 10.1. The number of piperidine rings is 1. The summed E-state index contributed by atoms with van der Waals surface area (Å²) in [5.41, 5.74) is 18.2. The van der Waals surface area contributed by atoms with Crippen LogP contribution in [0.4, 0.5) is 27.9 Å². The SMILES string of the molecule is CCNc1nc(Nc2cc(C#N)cc(N3CC[C@@H](NC(=O)OC)[C@H](OC(=O)[C@@H](NC(=O)[C@@H](N)CCCN=C(N)N)C(C)C)C3)c2Cl)nn2c(C#N)cnc12. The highest BCUT2D eigenvalue weighted by atomic mass is 35.5. The lowest BCUT2D eigenvalue weighted by Gasteiger charge is -2.40. The molecule has 1 saturated heterocycles. The number of benzene rings is 1. The summed E-state index contributed by atoms with van der Waals surface area (Å²) >= 11 is 6.98. The molecule has 3 aromatic rings. The fourth-order valence-electron chi connectivity index (χ4n) is 5.67. The number of carbonyl (C=O) groups excluding carboxylic acids is 3. The first-order valence-corrected chi connectivity index (χ1v) is 17.5. The Kier molecular flexibility index (Phi) is 14.0. The van der Waals surface area contributed by atoms with Crippen molar-refractivity contribution in [2.45, 2.75) is 64.3 Å². The zero-order valence-electron chi connectivity index (χ0n) is 30.3. The number of halogens is 1. The van der Waals surface area contributed by atoms with E-state index in [0.717, 1.165) is 0 Å². The Morgan fingerprint density at radius 3 is 2.61 bits per heavy atom. The maximum atomic E-state index is 13.7. The van der Waals surface area contributed by atoms with Gasteiger partial charge in [0.2, 0.25) is 11.9 Å². The lowest BCUT2D eigenvalue weighted by molar-refractivity contribution is -0.156. The van der Waals surface area contributed by atoms with E-state index in [4.69, 9.17) is 38.3 Å². The fourth-order valence-corrected chi connectivity index (χ4v) is 5.95. The number of esters is 1. The molecule has 54 heavy (non-hydrogen) atoms. The summed E-state index contributed by atoms with van der Waals surface area (Å²) in [5.74, 6) is -1.31. The number of fused-ring (bicyclic) bond motifs is 1. The van der Waals surface area contributed by atoms with Gasteiger partial charge in [-0.25, -0.2) is 14.6 Å². The zero-order chi connectivity index (χ0) is 39.5. The monoisotopic (exact) mass is 765 g/mol. The van der Waals surface area contributed by atoms with Gasteiger partial charge in [0, 0.05) is 19.6 Å². The molecule has 288 valence electrons. The molecular formula is C33H44ClN15O5. The van der Waals surface area contributed by atoms with Crippen LogP contribution in [0.5, 0.6) is 0 Å². The number of hydrogen-bond acceptors (Lipinski definition) is 15. The number of imidazole rings is 1. The molecular weight excluding hydrogens is 722 g/mol. The second-order valence-electron chi connectivity index (χ2n) is 12.6. The first-order chi connectivity index (χ1) is 25.8. The number of nitrogens with one attached hydrogen (secondary N) is 4. The van der Waals surface area contributed by atoms with Gasteiger partial charge in [0.05, 0.1) is 60.0 Å². The Balaban J connectivity index is 1.60. The molecule has 0 saturated carbocycles. The number of amides is 2. The van der Waals surface area contributed by atoms with E-state index in [2.05, 4.69) is 47.4 Å². The Labute approximate surface area is 316 Å². The molecule has 0 spiro atoms. The number of nitriles is 2. The standard InChI is InChI=1S/C33H44ClN15O5/c1-5-40-27-28-42-15-19(14-36)49(28)47-32(46-27)43-22-11-18(13-35)12-23(25(22)34)48-10-8-21(44-33(52)53-4)24(16-48)54-30(51)26(17(2)3)45-29(50)20(37)7-6-9-41-31(38)39/h11-12,15,17,20-21,24,26H,5-10,16,37H2,1-4H3,(H,44,52)(H,45,50)(H4,38,39,41)(H2,40,43,46,47)/t20-,21+,24+,26-/m0/s1. The van der Waals surface area contributed by atoms with E-state index in [1.165, 1.54) is 23.9 Å². The van der Waals surface area contributed by atoms with Crippen LogP contribution in [-0.2, 0) is 19.1 Å². The molecule has 1 aliphatic rings. The highest BCUT2D eigenvalue weighted by molar-refractivity contribution is 6.36. The minimum absolute atomic E-state index is 0.0328. The minimum atomic E-state index is -1.07. The number of ether oxygens (including phenoxy) is 2. The molecule has 3 heterocycles. The van der Waals surface area contributed by atoms with Crippen LogP contribution in [0, 0.1) is 28.6 Å². The Morgan fingerprint density at radius 1 is 1.20 bits per heavy atom. The first kappa shape index (κ1) is 40.6. The number of rotatable bonds is 15. The van der Waals surface area contributed by atoms with E-state index in [9.17, 15) is 24.9 Å². The lowest BCUT2D eigenvalue weighted by Crippen LogP contribution is -2.58. The molecule has 1 aromatic carbocycles. The van der Waals surface area contributed by atoms with Crippen molar-refractivity contribution in [1.29, 1.82) is 10.5 Å². The number of aliphatic imine (C=N–C) groups is 1. The second kappa shape index (κ2) is 18.6. The molecule has 1 aliphatic heterocycles. The highest BCUT2D eigenvalue weighted by Crippen LogP contribution is 2.37. The number of aromatic nitrogens is 4. The van der Waals surface area contributed by atoms with Crippen molar-refractivity contribution in [3.8, 4) is 12.1 Å². The van der Waals surface area contributed by atoms with Gasteiger partial charge in [-0.05, 0) is 44.2 Å². The van der Waals surface area contributed by atoms with Crippen LogP contribution in [0.1, 0.15) is 51.3 Å². The number of nitrogens with two attached hydrogens (primary N) is 3. The van der Waals surface area contributed by atoms with Crippen molar-refractivity contribution in [1.82, 2.24) is 30.2 Å². The number of carbonyl (C=O) groups is 3. The molecule has 10 N–H and O–H groups in total. The van der Waals surface area contributed by atoms with Crippen LogP contribution in [0.15, 0.2) is 23.3 Å². The van der Waals surface area contributed by atoms with Crippen LogP contribution in [0.25, 0.3) is 5.65 Å². The lowest BCUT2D eigenvalue weighted by atomic mass is 9.99. The minimum Gasteiger partial charge on any atom is -0.457 e. The maximum absolute atomic E-state index is 13.7. The largest absolute Gasteiger partial charge is 0.457 e. The summed E-state index contributed by atoms with van der Waals surface area (Å²) in [5, 5.41) is 35.7. The van der Waals surface area contributed by atoms with E-state index in [1.807, 2.05) is 17.9 Å². The van der Waals surface area contributed by atoms with E-state index in [1.54, 1.807) is 19.9 Å². The summed E-state index contributed by atoms with van der Waals surface area (Å²) in [6.45, 7) is 6.53. The highest BCUT2D eigenvalue weighted by Gasteiger charge is 2.37. The predicted octanol–water partition coefficient (Wildman–Crippen LogP) is 1.06. The van der Waals surface area contributed by atoms with Gasteiger partial charge >= 0.3 is 12.1 Å². The summed E-state index contributed by atoms with van der Waals surface area (Å²) < 4.78 is 12.2. The van der Waals surface area contributed by atoms with E-state index < -0.39 is 48.1 Å². The van der Waals surface area contributed by atoms with Gasteiger partial charge in [-0.2, -0.15) is 20.0 Å². The van der Waals surface area contributed by atoms with Crippen molar-refractivity contribution in [2.75, 3.05) is 48.8 Å². The summed E-state index contributed by atoms with van der Waals surface area (Å²) in [6, 6.07) is 4.60. The Hall–Kier alpha value is -6.12. The van der Waals surface area contributed by atoms with Gasteiger partial charge in [-0.3, -0.25) is 9.79 Å². The van der Waals surface area contributed by atoms with Crippen LogP contribution in [-0.4, -0.2) is 101 Å². The van der Waals surface area contributed by atoms with Crippen LogP contribution >= 0.6 is 11.6 Å². The molecule has 21 heteroatoms. The molecule has 20 nitrogen and oxygen atoms in total. The summed E-state index contributed by atoms with van der Waals surface area (Å²) in [7, 11) is 1.22. The summed E-state index contributed by atoms with van der Waals surface area (Å²) in [4.78, 5) is 53.4. The van der Waals surface area contributed by atoms with Crippen molar-refractivity contribution in [2.24, 2.45) is 28.1 Å². The number of alkyl carbamates (subject to hydrolysis) is 1. The van der Waals surface area contributed by atoms with Gasteiger partial charge in [-0.15, -0.1) is 5.10 Å². The number of anilines is 4. The second-order valence-corrected chi connectivity index (χ2v) is 13.0. The maximum Gasteiger partial charge on any atom is 0.407 e. The topological polar surface area (TPSA) is 302 Å². The van der Waals surface area contributed by atoms with Crippen LogP contribution in [0.3, 0.4) is 0 Å². The Bertz CT molecular complexity index is 1950. The molecule has 4 atom stereocenters. The molecule has 0 aliphatic carbocycles. The zero-order valence-corrected chi connectivity index (χ0v) is 31.1. The molecule has 0 bridgehead atoms. The smallest absolute Gasteiger partial charge is 0.407 e. The van der Waals surface area contributed by atoms with E-state index in [-0.39, 0.29) is 53.3 Å². The molecule has 1 fully saturated rings. The fraction of sp³-hybridized carbons (Fsp3) is 0.485. The van der Waals surface area contributed by atoms with E-state index >= 15 is 0 Å². The first-order valence-electron chi connectivity index (χ1n) is 17.1.